The SMILES string of the molecule is CCNC(=NCC(c1cccs1)N1CCC(C)CC1)NCC1CCN(CC)C1. The minimum absolute atomic E-state index is 0.407. The largest absolute Gasteiger partial charge is 0.357 e. The molecular weight excluding hydrogens is 366 g/mol. The molecule has 0 bridgehead atoms. The van der Waals surface area contributed by atoms with Crippen molar-refractivity contribution in [3.63, 3.8) is 0 Å². The summed E-state index contributed by atoms with van der Waals surface area (Å²) in [5.41, 5.74) is 0. The summed E-state index contributed by atoms with van der Waals surface area (Å²) in [6.45, 7) is 15.5. The van der Waals surface area contributed by atoms with Crippen LogP contribution in [-0.2, 0) is 0 Å². The van der Waals surface area contributed by atoms with Gasteiger partial charge in [0.25, 0.3) is 0 Å². The number of aliphatic imine (C=N–C) groups is 1. The van der Waals surface area contributed by atoms with Crippen molar-refractivity contribution < 1.29 is 0 Å². The standard InChI is InChI=1S/C22H39N5S/c1-4-23-22(24-15-19-10-11-26(5-2)17-19)25-16-20(21-7-6-14-28-21)27-12-8-18(3)9-13-27/h6-7,14,18-20H,4-5,8-13,15-17H2,1-3H3,(H2,23,24,25). The summed E-state index contributed by atoms with van der Waals surface area (Å²) in [4.78, 5) is 11.6. The molecule has 158 valence electrons. The molecule has 28 heavy (non-hydrogen) atoms. The predicted molar refractivity (Wildman–Crippen MR) is 121 cm³/mol. The van der Waals surface area contributed by atoms with Gasteiger partial charge in [-0.2, -0.15) is 0 Å². The molecule has 0 amide bonds. The maximum Gasteiger partial charge on any atom is 0.191 e. The summed E-state index contributed by atoms with van der Waals surface area (Å²) in [6, 6.07) is 4.86. The number of guanidine groups is 1. The van der Waals surface area contributed by atoms with Crippen molar-refractivity contribution in [3.8, 4) is 0 Å². The maximum atomic E-state index is 5.01. The minimum Gasteiger partial charge on any atom is -0.357 e. The lowest BCUT2D eigenvalue weighted by Crippen LogP contribution is -2.41. The average Bonchev–Trinajstić information content (AvgIpc) is 3.39. The highest BCUT2D eigenvalue weighted by Gasteiger charge is 2.25. The molecule has 2 unspecified atom stereocenters. The van der Waals surface area contributed by atoms with E-state index in [1.165, 1.54) is 56.9 Å². The zero-order valence-electron chi connectivity index (χ0n) is 18.0. The van der Waals surface area contributed by atoms with E-state index in [2.05, 4.69) is 58.7 Å². The molecule has 2 fully saturated rings. The van der Waals surface area contributed by atoms with Crippen LogP contribution in [0.5, 0.6) is 0 Å². The highest BCUT2D eigenvalue weighted by molar-refractivity contribution is 7.10. The van der Waals surface area contributed by atoms with Crippen molar-refractivity contribution in [2.45, 2.75) is 46.1 Å². The Labute approximate surface area is 175 Å². The number of hydrogen-bond acceptors (Lipinski definition) is 4. The van der Waals surface area contributed by atoms with Gasteiger partial charge in [0.1, 0.15) is 0 Å². The Kier molecular flexibility index (Phi) is 8.62. The molecule has 3 rings (SSSR count). The summed E-state index contributed by atoms with van der Waals surface area (Å²) in [6.07, 6.45) is 3.91. The summed E-state index contributed by atoms with van der Waals surface area (Å²) in [5.74, 6) is 2.57. The van der Waals surface area contributed by atoms with E-state index in [-0.39, 0.29) is 0 Å². The van der Waals surface area contributed by atoms with Gasteiger partial charge in [-0.15, -0.1) is 11.3 Å². The molecular formula is C22H39N5S. The number of likely N-dealkylation sites (tertiary alicyclic amines) is 2. The Morgan fingerprint density at radius 1 is 1.21 bits per heavy atom. The molecule has 2 saturated heterocycles. The zero-order valence-corrected chi connectivity index (χ0v) is 18.8. The van der Waals surface area contributed by atoms with E-state index in [0.717, 1.165) is 37.4 Å². The fraction of sp³-hybridized carbons (Fsp3) is 0.773. The van der Waals surface area contributed by atoms with Gasteiger partial charge < -0.3 is 15.5 Å². The lowest BCUT2D eigenvalue weighted by atomic mass is 9.97. The van der Waals surface area contributed by atoms with Gasteiger partial charge in [-0.3, -0.25) is 9.89 Å². The van der Waals surface area contributed by atoms with Crippen LogP contribution >= 0.6 is 11.3 Å². The van der Waals surface area contributed by atoms with Crippen molar-refractivity contribution in [1.82, 2.24) is 20.4 Å². The second-order valence-electron chi connectivity index (χ2n) is 8.40. The fourth-order valence-electron chi connectivity index (χ4n) is 4.33. The number of nitrogens with zero attached hydrogens (tertiary/aromatic N) is 3. The maximum absolute atomic E-state index is 5.01. The predicted octanol–water partition coefficient (Wildman–Crippen LogP) is 3.42. The van der Waals surface area contributed by atoms with E-state index in [0.29, 0.717) is 6.04 Å². The van der Waals surface area contributed by atoms with Gasteiger partial charge in [0.15, 0.2) is 5.96 Å². The third-order valence-corrected chi connectivity index (χ3v) is 7.25. The Morgan fingerprint density at radius 2 is 2.04 bits per heavy atom. The first kappa shape index (κ1) is 21.6. The van der Waals surface area contributed by atoms with Crippen LogP contribution in [0, 0.1) is 11.8 Å². The molecule has 2 atom stereocenters. The van der Waals surface area contributed by atoms with E-state index in [9.17, 15) is 0 Å². The molecule has 0 radical (unpaired) electrons. The first-order chi connectivity index (χ1) is 13.7. The van der Waals surface area contributed by atoms with Crippen LogP contribution < -0.4 is 10.6 Å². The van der Waals surface area contributed by atoms with Crippen LogP contribution in [0.25, 0.3) is 0 Å². The number of thiophene rings is 1. The lowest BCUT2D eigenvalue weighted by molar-refractivity contribution is 0.143. The van der Waals surface area contributed by atoms with Crippen molar-refractivity contribution in [3.05, 3.63) is 22.4 Å². The topological polar surface area (TPSA) is 42.9 Å². The molecule has 2 aliphatic rings. The summed E-state index contributed by atoms with van der Waals surface area (Å²) < 4.78 is 0. The third-order valence-electron chi connectivity index (χ3n) is 6.27. The van der Waals surface area contributed by atoms with Crippen LogP contribution in [0.2, 0.25) is 0 Å². The monoisotopic (exact) mass is 405 g/mol. The quantitative estimate of drug-likeness (QED) is 0.514. The molecule has 1 aromatic heterocycles. The van der Waals surface area contributed by atoms with Gasteiger partial charge in [-0.1, -0.05) is 19.9 Å². The first-order valence-electron chi connectivity index (χ1n) is 11.2. The Hall–Kier alpha value is -1.11. The highest BCUT2D eigenvalue weighted by atomic mass is 32.1. The van der Waals surface area contributed by atoms with Crippen molar-refractivity contribution in [1.29, 1.82) is 0 Å². The van der Waals surface area contributed by atoms with Gasteiger partial charge in [-0.05, 0) is 75.6 Å². The van der Waals surface area contributed by atoms with Gasteiger partial charge in [0.2, 0.25) is 0 Å². The zero-order chi connectivity index (χ0) is 19.8. The third kappa shape index (κ3) is 6.19. The smallest absolute Gasteiger partial charge is 0.191 e. The number of rotatable bonds is 8. The van der Waals surface area contributed by atoms with E-state index >= 15 is 0 Å². The average molecular weight is 406 g/mol. The molecule has 5 nitrogen and oxygen atoms in total. The van der Waals surface area contributed by atoms with E-state index < -0.39 is 0 Å². The van der Waals surface area contributed by atoms with Crippen LogP contribution in [0.15, 0.2) is 22.5 Å². The van der Waals surface area contributed by atoms with Crippen molar-refractivity contribution in [2.24, 2.45) is 16.8 Å². The molecule has 3 heterocycles. The Bertz CT molecular complexity index is 580. The van der Waals surface area contributed by atoms with E-state index in [1.54, 1.807) is 0 Å². The van der Waals surface area contributed by atoms with E-state index in [4.69, 9.17) is 4.99 Å². The van der Waals surface area contributed by atoms with Gasteiger partial charge in [0, 0.05) is 24.5 Å². The molecule has 0 aromatic carbocycles. The van der Waals surface area contributed by atoms with E-state index in [1.807, 2.05) is 11.3 Å². The molecule has 0 aliphatic carbocycles. The fourth-order valence-corrected chi connectivity index (χ4v) is 5.19. The van der Waals surface area contributed by atoms with Crippen LogP contribution in [0.1, 0.15) is 51.0 Å². The number of nitrogens with one attached hydrogen (secondary N) is 2. The highest BCUT2D eigenvalue weighted by Crippen LogP contribution is 2.29. The van der Waals surface area contributed by atoms with Gasteiger partial charge >= 0.3 is 0 Å². The summed E-state index contributed by atoms with van der Waals surface area (Å²) in [5, 5.41) is 9.26. The van der Waals surface area contributed by atoms with Crippen molar-refractivity contribution in [2.75, 3.05) is 52.4 Å². The van der Waals surface area contributed by atoms with Gasteiger partial charge in [-0.25, -0.2) is 0 Å². The molecule has 2 aliphatic heterocycles. The summed E-state index contributed by atoms with van der Waals surface area (Å²) in [7, 11) is 0. The molecule has 1 aromatic rings. The first-order valence-corrected chi connectivity index (χ1v) is 12.1. The van der Waals surface area contributed by atoms with Crippen LogP contribution in [0.4, 0.5) is 0 Å². The number of hydrogen-bond donors (Lipinski definition) is 2. The molecule has 0 spiro atoms. The Balaban J connectivity index is 1.59. The normalized spacial score (nSPS) is 23.8. The second-order valence-corrected chi connectivity index (χ2v) is 9.38. The molecule has 6 heteroatoms. The number of piperidine rings is 1. The van der Waals surface area contributed by atoms with Gasteiger partial charge in [0.05, 0.1) is 12.6 Å². The molecule has 2 N–H and O–H groups in total. The van der Waals surface area contributed by atoms with Crippen molar-refractivity contribution >= 4 is 17.3 Å². The minimum atomic E-state index is 0.407. The Morgan fingerprint density at radius 3 is 2.68 bits per heavy atom. The second kappa shape index (κ2) is 11.2. The van der Waals surface area contributed by atoms with Crippen LogP contribution in [-0.4, -0.2) is 68.1 Å². The summed E-state index contributed by atoms with van der Waals surface area (Å²) >= 11 is 1.87. The van der Waals surface area contributed by atoms with Crippen LogP contribution in [0.3, 0.4) is 0 Å². The lowest BCUT2D eigenvalue weighted by Gasteiger charge is -2.35. The molecule has 0 saturated carbocycles.